The number of carbonyl (C=O) groups is 2. The number of amides is 2. The van der Waals surface area contributed by atoms with Crippen molar-refractivity contribution in [2.75, 3.05) is 18.4 Å². The summed E-state index contributed by atoms with van der Waals surface area (Å²) in [5.41, 5.74) is 0.636. The molecular weight excluding hydrogens is 308 g/mol. The van der Waals surface area contributed by atoms with E-state index in [1.165, 1.54) is 30.3 Å². The highest BCUT2D eigenvalue weighted by atomic mass is 16.3. The van der Waals surface area contributed by atoms with Crippen LogP contribution in [0.1, 0.15) is 34.6 Å². The Kier molecular flexibility index (Phi) is 5.42. The zero-order valence-electron chi connectivity index (χ0n) is 13.6. The van der Waals surface area contributed by atoms with E-state index < -0.39 is 5.91 Å². The fourth-order valence-electron chi connectivity index (χ4n) is 2.34. The minimum atomic E-state index is -0.504. The van der Waals surface area contributed by atoms with Gasteiger partial charge >= 0.3 is 0 Å². The van der Waals surface area contributed by atoms with Gasteiger partial charge in [0, 0.05) is 24.8 Å². The van der Waals surface area contributed by atoms with Crippen LogP contribution in [0.15, 0.2) is 42.5 Å². The van der Waals surface area contributed by atoms with Crippen LogP contribution in [-0.4, -0.2) is 40.0 Å². The van der Waals surface area contributed by atoms with Crippen molar-refractivity contribution in [1.82, 2.24) is 4.90 Å². The third-order valence-corrected chi connectivity index (χ3v) is 3.69. The van der Waals surface area contributed by atoms with Crippen molar-refractivity contribution in [3.63, 3.8) is 0 Å². The fourth-order valence-corrected chi connectivity index (χ4v) is 2.34. The van der Waals surface area contributed by atoms with Crippen molar-refractivity contribution >= 4 is 17.5 Å². The first-order valence-corrected chi connectivity index (χ1v) is 7.69. The smallest absolute Gasteiger partial charge is 0.259 e. The summed E-state index contributed by atoms with van der Waals surface area (Å²) >= 11 is 0. The van der Waals surface area contributed by atoms with E-state index in [0.29, 0.717) is 18.8 Å². The quantitative estimate of drug-likeness (QED) is 0.787. The van der Waals surface area contributed by atoms with Gasteiger partial charge in [0.05, 0.1) is 11.1 Å². The Labute approximate surface area is 140 Å². The van der Waals surface area contributed by atoms with E-state index in [4.69, 9.17) is 0 Å². The average Bonchev–Trinajstić information content (AvgIpc) is 2.56. The van der Waals surface area contributed by atoms with Gasteiger partial charge in [0.15, 0.2) is 0 Å². The molecule has 0 heterocycles. The van der Waals surface area contributed by atoms with Crippen LogP contribution in [0.4, 0.5) is 5.69 Å². The maximum Gasteiger partial charge on any atom is 0.259 e. The fraction of sp³-hybridized carbons (Fsp3) is 0.222. The van der Waals surface area contributed by atoms with Gasteiger partial charge in [0.25, 0.3) is 11.8 Å². The van der Waals surface area contributed by atoms with E-state index in [1.54, 1.807) is 17.0 Å². The lowest BCUT2D eigenvalue weighted by atomic mass is 10.1. The Balaban J connectivity index is 2.20. The summed E-state index contributed by atoms with van der Waals surface area (Å²) in [6.07, 6.45) is 0. The van der Waals surface area contributed by atoms with Gasteiger partial charge in [0.2, 0.25) is 0 Å². The molecule has 126 valence electrons. The van der Waals surface area contributed by atoms with Crippen molar-refractivity contribution in [1.29, 1.82) is 0 Å². The number of benzene rings is 2. The van der Waals surface area contributed by atoms with Crippen LogP contribution in [0.5, 0.6) is 11.5 Å². The number of carbonyl (C=O) groups excluding carboxylic acids is 2. The van der Waals surface area contributed by atoms with Crippen LogP contribution in [-0.2, 0) is 0 Å². The lowest BCUT2D eigenvalue weighted by Gasteiger charge is -2.19. The number of para-hydroxylation sites is 1. The van der Waals surface area contributed by atoms with Crippen LogP contribution >= 0.6 is 0 Å². The Hall–Kier alpha value is -3.02. The molecule has 0 fully saturated rings. The molecule has 0 unspecified atom stereocenters. The molecular formula is C18H20N2O4. The summed E-state index contributed by atoms with van der Waals surface area (Å²) in [6.45, 7) is 4.81. The zero-order chi connectivity index (χ0) is 17.7. The Morgan fingerprint density at radius 1 is 0.958 bits per heavy atom. The van der Waals surface area contributed by atoms with E-state index in [2.05, 4.69) is 5.32 Å². The van der Waals surface area contributed by atoms with Crippen molar-refractivity contribution in [3.8, 4) is 11.5 Å². The Morgan fingerprint density at radius 2 is 1.62 bits per heavy atom. The molecule has 2 aromatic rings. The van der Waals surface area contributed by atoms with Gasteiger partial charge in [-0.2, -0.15) is 0 Å². The number of aromatic hydroxyl groups is 2. The Bertz CT molecular complexity index is 754. The van der Waals surface area contributed by atoms with Gasteiger partial charge in [-0.25, -0.2) is 0 Å². The number of anilines is 1. The molecule has 0 atom stereocenters. The van der Waals surface area contributed by atoms with Gasteiger partial charge in [0.1, 0.15) is 11.5 Å². The SMILES string of the molecule is CCN(CC)C(=O)c1ccc(NC(=O)c2ccccc2O)cc1O. The maximum absolute atomic E-state index is 12.3. The van der Waals surface area contributed by atoms with Crippen molar-refractivity contribution < 1.29 is 19.8 Å². The first kappa shape index (κ1) is 17.3. The summed E-state index contributed by atoms with van der Waals surface area (Å²) in [7, 11) is 0. The number of rotatable bonds is 5. The summed E-state index contributed by atoms with van der Waals surface area (Å²) in [5.74, 6) is -1.11. The molecule has 2 rings (SSSR count). The molecule has 2 amide bonds. The molecule has 0 bridgehead atoms. The van der Waals surface area contributed by atoms with E-state index in [9.17, 15) is 19.8 Å². The van der Waals surface area contributed by atoms with Gasteiger partial charge in [-0.15, -0.1) is 0 Å². The second-order valence-electron chi connectivity index (χ2n) is 5.18. The number of nitrogens with zero attached hydrogens (tertiary/aromatic N) is 1. The van der Waals surface area contributed by atoms with Crippen LogP contribution in [0.25, 0.3) is 0 Å². The lowest BCUT2D eigenvalue weighted by Crippen LogP contribution is -2.30. The Morgan fingerprint density at radius 3 is 2.21 bits per heavy atom. The second kappa shape index (κ2) is 7.50. The predicted octanol–water partition coefficient (Wildman–Crippen LogP) is 2.83. The second-order valence-corrected chi connectivity index (χ2v) is 5.18. The maximum atomic E-state index is 12.3. The number of phenolic OH excluding ortho intramolecular Hbond substituents is 2. The number of hydrogen-bond donors (Lipinski definition) is 3. The van der Waals surface area contributed by atoms with E-state index in [1.807, 2.05) is 13.8 Å². The van der Waals surface area contributed by atoms with Crippen LogP contribution < -0.4 is 5.32 Å². The number of nitrogens with one attached hydrogen (secondary N) is 1. The van der Waals surface area contributed by atoms with Crippen LogP contribution in [0, 0.1) is 0 Å². The highest BCUT2D eigenvalue weighted by Gasteiger charge is 2.17. The summed E-state index contributed by atoms with van der Waals surface area (Å²) in [4.78, 5) is 26.0. The first-order chi connectivity index (χ1) is 11.5. The van der Waals surface area contributed by atoms with E-state index in [0.717, 1.165) is 0 Å². The normalized spacial score (nSPS) is 10.2. The van der Waals surface area contributed by atoms with Crippen LogP contribution in [0.3, 0.4) is 0 Å². The number of hydrogen-bond acceptors (Lipinski definition) is 4. The summed E-state index contributed by atoms with van der Waals surface area (Å²) in [6, 6.07) is 10.5. The minimum absolute atomic E-state index is 0.125. The molecule has 0 saturated heterocycles. The molecule has 0 aromatic heterocycles. The van der Waals surface area contributed by atoms with Crippen molar-refractivity contribution in [2.45, 2.75) is 13.8 Å². The third kappa shape index (κ3) is 3.65. The molecule has 0 radical (unpaired) electrons. The lowest BCUT2D eigenvalue weighted by molar-refractivity contribution is 0.0770. The molecule has 0 saturated carbocycles. The largest absolute Gasteiger partial charge is 0.507 e. The molecule has 24 heavy (non-hydrogen) atoms. The standard InChI is InChI=1S/C18H20N2O4/c1-3-20(4-2)18(24)14-10-9-12(11-16(14)22)19-17(23)13-7-5-6-8-15(13)21/h5-11,21-22H,3-4H2,1-2H3,(H,19,23). The molecule has 6 heteroatoms. The minimum Gasteiger partial charge on any atom is -0.507 e. The highest BCUT2D eigenvalue weighted by Crippen LogP contribution is 2.25. The molecule has 3 N–H and O–H groups in total. The van der Waals surface area contributed by atoms with Gasteiger partial charge in [-0.1, -0.05) is 12.1 Å². The van der Waals surface area contributed by atoms with Crippen molar-refractivity contribution in [2.24, 2.45) is 0 Å². The monoisotopic (exact) mass is 328 g/mol. The summed E-state index contributed by atoms with van der Waals surface area (Å²) in [5, 5.41) is 22.4. The van der Waals surface area contributed by atoms with Gasteiger partial charge < -0.3 is 20.4 Å². The summed E-state index contributed by atoms with van der Waals surface area (Å²) < 4.78 is 0. The van der Waals surface area contributed by atoms with Crippen LogP contribution in [0.2, 0.25) is 0 Å². The molecule has 2 aromatic carbocycles. The van der Waals surface area contributed by atoms with Crippen molar-refractivity contribution in [3.05, 3.63) is 53.6 Å². The van der Waals surface area contributed by atoms with E-state index in [-0.39, 0.29) is 28.5 Å². The van der Waals surface area contributed by atoms with E-state index >= 15 is 0 Å². The predicted molar refractivity (Wildman–Crippen MR) is 91.4 cm³/mol. The number of phenols is 2. The molecule has 0 aliphatic carbocycles. The molecule has 0 aliphatic rings. The topological polar surface area (TPSA) is 89.9 Å². The third-order valence-electron chi connectivity index (χ3n) is 3.69. The first-order valence-electron chi connectivity index (χ1n) is 7.69. The average molecular weight is 328 g/mol. The molecule has 0 aliphatic heterocycles. The molecule has 0 spiro atoms. The zero-order valence-corrected chi connectivity index (χ0v) is 13.6. The van der Waals surface area contributed by atoms with Gasteiger partial charge in [-0.05, 0) is 38.1 Å². The highest BCUT2D eigenvalue weighted by molar-refractivity contribution is 6.06. The van der Waals surface area contributed by atoms with Gasteiger partial charge in [-0.3, -0.25) is 9.59 Å². The molecule has 6 nitrogen and oxygen atoms in total.